The van der Waals surface area contributed by atoms with Crippen LogP contribution in [0.5, 0.6) is 0 Å². The van der Waals surface area contributed by atoms with Crippen molar-refractivity contribution in [2.75, 3.05) is 23.9 Å². The molecule has 0 bridgehead atoms. The van der Waals surface area contributed by atoms with Gasteiger partial charge in [-0.1, -0.05) is 316 Å². The van der Waals surface area contributed by atoms with E-state index in [-0.39, 0.29) is 10.8 Å². The number of aryl methyl sites for hydroxylation is 3. The monoisotopic (exact) mass is 1250 g/mol. The van der Waals surface area contributed by atoms with Gasteiger partial charge in [0.1, 0.15) is 0 Å². The van der Waals surface area contributed by atoms with Crippen molar-refractivity contribution in [1.82, 2.24) is 0 Å². The topological polar surface area (TPSA) is 6.48 Å². The molecule has 2 heteroatoms. The van der Waals surface area contributed by atoms with Crippen LogP contribution in [0.25, 0.3) is 55.6 Å². The Bertz CT molecular complexity index is 4480. The van der Waals surface area contributed by atoms with Crippen molar-refractivity contribution >= 4 is 22.7 Å². The second-order valence-electron chi connectivity index (χ2n) is 28.4. The highest BCUT2D eigenvalue weighted by Crippen LogP contribution is 2.47. The minimum Gasteiger partial charge on any atom is -0.345 e. The number of rotatable bonds is 24. The molecule has 12 rings (SSSR count). The fourth-order valence-electron chi connectivity index (χ4n) is 14.3. The van der Waals surface area contributed by atoms with Gasteiger partial charge in [0.15, 0.2) is 0 Å². The van der Waals surface area contributed by atoms with Crippen LogP contribution in [0.2, 0.25) is 0 Å². The van der Waals surface area contributed by atoms with E-state index >= 15 is 0 Å². The van der Waals surface area contributed by atoms with Crippen molar-refractivity contribution in [3.8, 4) is 55.6 Å². The van der Waals surface area contributed by atoms with Gasteiger partial charge >= 0.3 is 0 Å². The van der Waals surface area contributed by atoms with Gasteiger partial charge in [-0.2, -0.15) is 0 Å². The summed E-state index contributed by atoms with van der Waals surface area (Å²) < 4.78 is 0. The van der Waals surface area contributed by atoms with Gasteiger partial charge in [0, 0.05) is 53.1 Å². The van der Waals surface area contributed by atoms with E-state index in [1.807, 2.05) is 0 Å². The molecule has 0 aliphatic rings. The molecule has 1 unspecified atom stereocenters. The van der Waals surface area contributed by atoms with Gasteiger partial charge in [-0.05, 0) is 199 Å². The average Bonchev–Trinajstić information content (AvgIpc) is 0.746. The van der Waals surface area contributed by atoms with Gasteiger partial charge in [0.2, 0.25) is 0 Å². The van der Waals surface area contributed by atoms with Crippen LogP contribution < -0.4 is 9.80 Å². The number of benzene rings is 12. The summed E-state index contributed by atoms with van der Waals surface area (Å²) in [5.41, 5.74) is 29.2. The quantitative estimate of drug-likeness (QED) is 0.0557. The third-order valence-electron chi connectivity index (χ3n) is 20.7. The van der Waals surface area contributed by atoms with Crippen molar-refractivity contribution < 1.29 is 0 Å². The number of anilines is 4. The Morgan fingerprint density at radius 2 is 0.552 bits per heavy atom. The van der Waals surface area contributed by atoms with Gasteiger partial charge in [-0.25, -0.2) is 0 Å². The Morgan fingerprint density at radius 3 is 0.865 bits per heavy atom. The molecule has 0 N–H and O–H groups in total. The molecule has 0 aromatic heterocycles. The molecule has 0 aliphatic carbocycles. The predicted molar refractivity (Wildman–Crippen MR) is 414 cm³/mol. The first-order chi connectivity index (χ1) is 46.5. The molecule has 0 fully saturated rings. The van der Waals surface area contributed by atoms with Crippen LogP contribution in [0, 0.1) is 12.8 Å². The Hall–Kier alpha value is -9.76. The maximum atomic E-state index is 2.43. The smallest absolute Gasteiger partial charge is 0.0453 e. The van der Waals surface area contributed by atoms with Crippen molar-refractivity contribution in [3.63, 3.8) is 0 Å². The van der Waals surface area contributed by atoms with E-state index in [1.54, 1.807) is 0 Å². The number of hydrogen-bond donors (Lipinski definition) is 0. The highest BCUT2D eigenvalue weighted by molar-refractivity contribution is 5.77. The summed E-state index contributed by atoms with van der Waals surface area (Å²) in [5, 5.41) is 0. The lowest BCUT2D eigenvalue weighted by Crippen LogP contribution is -2.31. The van der Waals surface area contributed by atoms with E-state index in [0.717, 1.165) is 36.3 Å². The normalized spacial score (nSPS) is 12.4. The number of unbranched alkanes of at least 4 members (excludes halogenated alkanes) is 2. The molecule has 0 amide bonds. The summed E-state index contributed by atoms with van der Waals surface area (Å²) >= 11 is 0. The summed E-state index contributed by atoms with van der Waals surface area (Å²) in [6.45, 7) is 20.9. The first-order valence-electron chi connectivity index (χ1n) is 35.2. The van der Waals surface area contributed by atoms with E-state index < -0.39 is 5.41 Å². The minimum atomic E-state index is -0.415. The molecule has 12 aromatic carbocycles. The van der Waals surface area contributed by atoms with Crippen LogP contribution >= 0.6 is 0 Å². The molecule has 2 nitrogen and oxygen atoms in total. The second kappa shape index (κ2) is 29.1. The highest BCUT2D eigenvalue weighted by Gasteiger charge is 2.38. The molecule has 12 aromatic rings. The van der Waals surface area contributed by atoms with Gasteiger partial charge in [-0.15, -0.1) is 0 Å². The summed E-state index contributed by atoms with van der Waals surface area (Å²) in [5.74, 6) is 0.407. The molecule has 482 valence electrons. The SMILES string of the molecule is CCCCc1ccc(-c2cccc(N(C)c3ccc(-c4ccc(C(C)(C)c5ccc(C(C)(C)c6ccc(C(CC(C)C)(c7ccc(-c8ccc(C)cc8)cc7)c7ccc(-c8ccc(N(C)c9cccc(-c%10ccc(CCCC)cc%10)c9)cc8)cc7)cc6)cc5)cc4)cc3)c2)cc1. The van der Waals surface area contributed by atoms with Gasteiger partial charge in [0.05, 0.1) is 0 Å². The van der Waals surface area contributed by atoms with Crippen LogP contribution in [0.1, 0.15) is 143 Å². The Morgan fingerprint density at radius 1 is 0.292 bits per heavy atom. The maximum absolute atomic E-state index is 2.43. The molecule has 0 spiro atoms. The Labute approximate surface area is 575 Å². The third kappa shape index (κ3) is 14.4. The summed E-state index contributed by atoms with van der Waals surface area (Å²) in [6.07, 6.45) is 8.11. The highest BCUT2D eigenvalue weighted by atomic mass is 15.1. The first kappa shape index (κ1) is 66.3. The molecule has 96 heavy (non-hydrogen) atoms. The standard InChI is InChI=1S/C94H96N2/c1-12-14-18-69-26-32-77(33-27-69)79-20-16-22-90(64-79)95(10)88-60-42-75(43-61-88)72-36-46-81(47-37-72)92(6,7)82-52-54-83(55-53-82)93(8,9)84-56-58-87(59-57-84)94(66-67(3)4,85-48-38-73(39-49-85)71-30-24-68(5)25-31-71)86-50-40-74(41-51-86)76-44-62-89(63-45-76)96(11)91-23-17-21-80(65-91)78-34-28-70(29-35-78)19-15-13-2/h16-17,20-65,67H,12-15,18-19,66H2,1-11H3. The fraction of sp³-hybridized carbons (Fsp3) is 0.234. The molecule has 1 atom stereocenters. The van der Waals surface area contributed by atoms with Crippen LogP contribution in [0.4, 0.5) is 22.7 Å². The predicted octanol–water partition coefficient (Wildman–Crippen LogP) is 25.6. The molecule has 0 aliphatic heterocycles. The van der Waals surface area contributed by atoms with Gasteiger partial charge in [-0.3, -0.25) is 0 Å². The molecule has 0 radical (unpaired) electrons. The Kier molecular flexibility index (Phi) is 20.1. The second-order valence-corrected chi connectivity index (χ2v) is 28.4. The maximum Gasteiger partial charge on any atom is 0.0453 e. The lowest BCUT2D eigenvalue weighted by molar-refractivity contribution is 0.453. The molecule has 0 saturated heterocycles. The molecular weight excluding hydrogens is 1160 g/mol. The lowest BCUT2D eigenvalue weighted by Gasteiger charge is -2.38. The Balaban J connectivity index is 0.762. The zero-order chi connectivity index (χ0) is 67.0. The summed E-state index contributed by atoms with van der Waals surface area (Å²) in [7, 11) is 4.33. The average molecular weight is 1250 g/mol. The zero-order valence-electron chi connectivity index (χ0n) is 58.6. The summed E-state index contributed by atoms with van der Waals surface area (Å²) in [6, 6.07) is 110. The van der Waals surface area contributed by atoms with E-state index in [4.69, 9.17) is 0 Å². The minimum absolute atomic E-state index is 0.200. The van der Waals surface area contributed by atoms with E-state index in [0.29, 0.717) is 5.92 Å². The molecule has 0 heterocycles. The van der Waals surface area contributed by atoms with Crippen LogP contribution in [-0.4, -0.2) is 14.1 Å². The van der Waals surface area contributed by atoms with Crippen molar-refractivity contribution in [3.05, 3.63) is 347 Å². The van der Waals surface area contributed by atoms with Crippen molar-refractivity contribution in [2.24, 2.45) is 5.92 Å². The first-order valence-corrected chi connectivity index (χ1v) is 35.2. The van der Waals surface area contributed by atoms with E-state index in [1.165, 1.54) is 143 Å². The number of hydrogen-bond acceptors (Lipinski definition) is 2. The zero-order valence-corrected chi connectivity index (χ0v) is 58.6. The van der Waals surface area contributed by atoms with E-state index in [2.05, 4.69) is 377 Å². The molecular formula is C94H96N2. The van der Waals surface area contributed by atoms with Crippen LogP contribution in [0.3, 0.4) is 0 Å². The molecule has 0 saturated carbocycles. The van der Waals surface area contributed by atoms with Crippen LogP contribution in [-0.2, 0) is 29.1 Å². The van der Waals surface area contributed by atoms with Crippen molar-refractivity contribution in [1.29, 1.82) is 0 Å². The lowest BCUT2D eigenvalue weighted by atomic mass is 9.64. The van der Waals surface area contributed by atoms with Crippen LogP contribution in [0.15, 0.2) is 291 Å². The van der Waals surface area contributed by atoms with Gasteiger partial charge < -0.3 is 9.80 Å². The number of nitrogens with zero attached hydrogens (tertiary/aromatic N) is 2. The van der Waals surface area contributed by atoms with E-state index in [9.17, 15) is 0 Å². The largest absolute Gasteiger partial charge is 0.345 e. The fourth-order valence-corrected chi connectivity index (χ4v) is 14.3. The van der Waals surface area contributed by atoms with Gasteiger partial charge in [0.25, 0.3) is 0 Å². The third-order valence-corrected chi connectivity index (χ3v) is 20.7. The van der Waals surface area contributed by atoms with Crippen molar-refractivity contribution in [2.45, 2.75) is 124 Å². The summed E-state index contributed by atoms with van der Waals surface area (Å²) in [4.78, 5) is 4.56.